The Morgan fingerprint density at radius 2 is 1.83 bits per heavy atom. The van der Waals surface area contributed by atoms with Gasteiger partial charge in [0.25, 0.3) is 0 Å². The number of carbonyl (C=O) groups excluding carboxylic acids is 1. The Morgan fingerprint density at radius 3 is 2.56 bits per heavy atom. The first-order chi connectivity index (χ1) is 8.61. The molecule has 1 aliphatic carbocycles. The van der Waals surface area contributed by atoms with Crippen LogP contribution >= 0.6 is 0 Å². The molecule has 4 unspecified atom stereocenters. The lowest BCUT2D eigenvalue weighted by atomic mass is 9.76. The Balaban J connectivity index is 2.08. The van der Waals surface area contributed by atoms with Gasteiger partial charge >= 0.3 is 0 Å². The van der Waals surface area contributed by atoms with Crippen molar-refractivity contribution in [1.82, 2.24) is 4.90 Å². The molecule has 2 N–H and O–H groups in total. The smallest absolute Gasteiger partial charge is 0.227 e. The molecule has 1 saturated heterocycles. The summed E-state index contributed by atoms with van der Waals surface area (Å²) in [5, 5.41) is 0. The molecular formula is C15H28N2O. The second kappa shape index (κ2) is 6.05. The van der Waals surface area contributed by atoms with Crippen molar-refractivity contribution in [2.24, 2.45) is 17.6 Å². The third-order valence-electron chi connectivity index (χ3n) is 4.89. The van der Waals surface area contributed by atoms with E-state index >= 15 is 0 Å². The van der Waals surface area contributed by atoms with Gasteiger partial charge in [-0.1, -0.05) is 26.2 Å². The Labute approximate surface area is 111 Å². The van der Waals surface area contributed by atoms with Gasteiger partial charge in [-0.2, -0.15) is 0 Å². The summed E-state index contributed by atoms with van der Waals surface area (Å²) >= 11 is 0. The zero-order valence-electron chi connectivity index (χ0n) is 11.9. The van der Waals surface area contributed by atoms with Crippen LogP contribution in [0.2, 0.25) is 0 Å². The highest BCUT2D eigenvalue weighted by Gasteiger charge is 2.37. The fraction of sp³-hybridized carbons (Fsp3) is 0.933. The van der Waals surface area contributed by atoms with E-state index in [1.165, 1.54) is 19.3 Å². The second-order valence-corrected chi connectivity index (χ2v) is 6.33. The van der Waals surface area contributed by atoms with E-state index in [4.69, 9.17) is 5.73 Å². The normalized spacial score (nSPS) is 38.3. The first-order valence-electron chi connectivity index (χ1n) is 7.67. The number of rotatable bonds is 1. The van der Waals surface area contributed by atoms with E-state index < -0.39 is 0 Å². The minimum absolute atomic E-state index is 0.0688. The van der Waals surface area contributed by atoms with Gasteiger partial charge in [-0.05, 0) is 38.5 Å². The van der Waals surface area contributed by atoms with Crippen molar-refractivity contribution in [3.05, 3.63) is 0 Å². The summed E-state index contributed by atoms with van der Waals surface area (Å²) in [6.07, 6.45) is 8.20. The Morgan fingerprint density at radius 1 is 1.06 bits per heavy atom. The van der Waals surface area contributed by atoms with Crippen molar-refractivity contribution in [3.63, 3.8) is 0 Å². The summed E-state index contributed by atoms with van der Waals surface area (Å²) in [4.78, 5) is 14.9. The van der Waals surface area contributed by atoms with Crippen molar-refractivity contribution in [2.75, 3.05) is 6.54 Å². The SMILES string of the molecule is CC1CCCC(N)C1C(=O)N1CCCCCC1C. The molecule has 0 radical (unpaired) electrons. The number of carbonyl (C=O) groups is 1. The van der Waals surface area contributed by atoms with Gasteiger partial charge in [0.05, 0.1) is 5.92 Å². The van der Waals surface area contributed by atoms with Gasteiger partial charge in [-0.15, -0.1) is 0 Å². The largest absolute Gasteiger partial charge is 0.340 e. The predicted molar refractivity (Wildman–Crippen MR) is 74.1 cm³/mol. The van der Waals surface area contributed by atoms with Gasteiger partial charge in [0.1, 0.15) is 0 Å². The molecule has 104 valence electrons. The molecule has 2 fully saturated rings. The Kier molecular flexibility index (Phi) is 4.66. The molecule has 18 heavy (non-hydrogen) atoms. The van der Waals surface area contributed by atoms with Crippen LogP contribution in [0, 0.1) is 11.8 Å². The maximum atomic E-state index is 12.8. The van der Waals surface area contributed by atoms with Crippen molar-refractivity contribution in [2.45, 2.75) is 70.9 Å². The van der Waals surface area contributed by atoms with Gasteiger partial charge in [0, 0.05) is 18.6 Å². The van der Waals surface area contributed by atoms with Crippen molar-refractivity contribution >= 4 is 5.91 Å². The molecule has 3 nitrogen and oxygen atoms in total. The van der Waals surface area contributed by atoms with E-state index in [1.54, 1.807) is 0 Å². The highest BCUT2D eigenvalue weighted by Crippen LogP contribution is 2.32. The van der Waals surface area contributed by atoms with Gasteiger partial charge in [-0.3, -0.25) is 4.79 Å². The number of hydrogen-bond donors (Lipinski definition) is 1. The van der Waals surface area contributed by atoms with E-state index in [2.05, 4.69) is 18.7 Å². The first kappa shape index (κ1) is 13.9. The van der Waals surface area contributed by atoms with Crippen LogP contribution in [0.25, 0.3) is 0 Å². The molecular weight excluding hydrogens is 224 g/mol. The quantitative estimate of drug-likeness (QED) is 0.779. The van der Waals surface area contributed by atoms with E-state index in [0.717, 1.165) is 32.2 Å². The molecule has 1 saturated carbocycles. The summed E-state index contributed by atoms with van der Waals surface area (Å²) in [7, 11) is 0. The Bertz CT molecular complexity index is 282. The summed E-state index contributed by atoms with van der Waals surface area (Å²) in [5.41, 5.74) is 6.21. The molecule has 2 aliphatic rings. The molecule has 1 amide bonds. The van der Waals surface area contributed by atoms with Gasteiger partial charge < -0.3 is 10.6 Å². The average molecular weight is 252 g/mol. The first-order valence-corrected chi connectivity index (χ1v) is 7.67. The Hall–Kier alpha value is -0.570. The summed E-state index contributed by atoms with van der Waals surface area (Å²) in [6, 6.07) is 0.484. The summed E-state index contributed by atoms with van der Waals surface area (Å²) in [6.45, 7) is 5.34. The molecule has 0 aromatic heterocycles. The molecule has 0 bridgehead atoms. The maximum absolute atomic E-state index is 12.8. The zero-order chi connectivity index (χ0) is 13.1. The van der Waals surface area contributed by atoms with Crippen LogP contribution in [-0.2, 0) is 4.79 Å². The van der Waals surface area contributed by atoms with Crippen LogP contribution in [0.3, 0.4) is 0 Å². The molecule has 4 atom stereocenters. The number of nitrogens with two attached hydrogens (primary N) is 1. The standard InChI is InChI=1S/C15H28N2O/c1-11-7-6-9-13(16)14(11)15(18)17-10-5-3-4-8-12(17)2/h11-14H,3-10,16H2,1-2H3. The van der Waals surface area contributed by atoms with Crippen LogP contribution in [-0.4, -0.2) is 29.4 Å². The van der Waals surface area contributed by atoms with Crippen LogP contribution in [0.1, 0.15) is 58.8 Å². The minimum Gasteiger partial charge on any atom is -0.340 e. The average Bonchev–Trinajstić information content (AvgIpc) is 2.53. The van der Waals surface area contributed by atoms with Crippen LogP contribution in [0.4, 0.5) is 0 Å². The topological polar surface area (TPSA) is 46.3 Å². The van der Waals surface area contributed by atoms with Gasteiger partial charge in [0.15, 0.2) is 0 Å². The molecule has 0 aromatic rings. The van der Waals surface area contributed by atoms with Gasteiger partial charge in [0.2, 0.25) is 5.91 Å². The molecule has 3 heteroatoms. The predicted octanol–water partition coefficient (Wildman–Crippen LogP) is 2.54. The summed E-state index contributed by atoms with van der Waals surface area (Å²) < 4.78 is 0. The highest BCUT2D eigenvalue weighted by atomic mass is 16.2. The van der Waals surface area contributed by atoms with Crippen LogP contribution in [0.5, 0.6) is 0 Å². The number of likely N-dealkylation sites (tertiary alicyclic amines) is 1. The van der Waals surface area contributed by atoms with Crippen molar-refractivity contribution in [1.29, 1.82) is 0 Å². The van der Waals surface area contributed by atoms with E-state index in [0.29, 0.717) is 17.9 Å². The van der Waals surface area contributed by atoms with Crippen molar-refractivity contribution < 1.29 is 4.79 Å². The highest BCUT2D eigenvalue weighted by molar-refractivity contribution is 5.80. The van der Waals surface area contributed by atoms with Crippen LogP contribution in [0.15, 0.2) is 0 Å². The zero-order valence-corrected chi connectivity index (χ0v) is 11.9. The lowest BCUT2D eigenvalue weighted by Gasteiger charge is -2.38. The lowest BCUT2D eigenvalue weighted by Crippen LogP contribution is -2.51. The number of nitrogens with zero attached hydrogens (tertiary/aromatic N) is 1. The molecule has 0 spiro atoms. The molecule has 0 aromatic carbocycles. The van der Waals surface area contributed by atoms with Crippen molar-refractivity contribution in [3.8, 4) is 0 Å². The van der Waals surface area contributed by atoms with E-state index in [1.807, 2.05) is 0 Å². The van der Waals surface area contributed by atoms with Crippen LogP contribution < -0.4 is 5.73 Å². The third kappa shape index (κ3) is 2.87. The molecule has 1 aliphatic heterocycles. The fourth-order valence-electron chi connectivity index (χ4n) is 3.68. The summed E-state index contributed by atoms with van der Waals surface area (Å²) in [5.74, 6) is 0.861. The van der Waals surface area contributed by atoms with E-state index in [-0.39, 0.29) is 12.0 Å². The maximum Gasteiger partial charge on any atom is 0.227 e. The third-order valence-corrected chi connectivity index (χ3v) is 4.89. The molecule has 2 rings (SSSR count). The number of amides is 1. The fourth-order valence-corrected chi connectivity index (χ4v) is 3.68. The monoisotopic (exact) mass is 252 g/mol. The molecule has 1 heterocycles. The second-order valence-electron chi connectivity index (χ2n) is 6.33. The van der Waals surface area contributed by atoms with Gasteiger partial charge in [-0.25, -0.2) is 0 Å². The lowest BCUT2D eigenvalue weighted by molar-refractivity contribution is -0.141. The number of hydrogen-bond acceptors (Lipinski definition) is 2. The minimum atomic E-state index is 0.0688. The van der Waals surface area contributed by atoms with E-state index in [9.17, 15) is 4.79 Å².